The van der Waals surface area contributed by atoms with Gasteiger partial charge in [-0.05, 0) is 83.9 Å². The molecule has 24 heavy (non-hydrogen) atoms. The molecule has 0 radical (unpaired) electrons. The van der Waals surface area contributed by atoms with Crippen molar-refractivity contribution < 1.29 is 0 Å². The highest BCUT2D eigenvalue weighted by molar-refractivity contribution is 6.34. The first-order valence-electron chi connectivity index (χ1n) is 9.64. The minimum Gasteiger partial charge on any atom is -0.0837 e. The number of halogens is 1. The molecule has 2 spiro atoms. The van der Waals surface area contributed by atoms with Crippen molar-refractivity contribution in [2.24, 2.45) is 29.1 Å². The van der Waals surface area contributed by atoms with E-state index < -0.39 is 0 Å². The van der Waals surface area contributed by atoms with E-state index in [-0.39, 0.29) is 0 Å². The van der Waals surface area contributed by atoms with Crippen LogP contribution < -0.4 is 0 Å². The number of benzene rings is 2. The Balaban J connectivity index is 1.59. The van der Waals surface area contributed by atoms with Gasteiger partial charge in [0.1, 0.15) is 0 Å². The van der Waals surface area contributed by atoms with E-state index in [1.54, 1.807) is 11.1 Å². The zero-order valence-corrected chi connectivity index (χ0v) is 14.5. The predicted molar refractivity (Wildman–Crippen MR) is 97.1 cm³/mol. The molecule has 5 aliphatic carbocycles. The second-order valence-corrected chi connectivity index (χ2v) is 9.67. The molecule has 5 aliphatic rings. The summed E-state index contributed by atoms with van der Waals surface area (Å²) < 4.78 is 0. The molecule has 4 saturated carbocycles. The number of hydrogen-bond acceptors (Lipinski definition) is 0. The van der Waals surface area contributed by atoms with E-state index in [4.69, 9.17) is 11.6 Å². The second kappa shape index (κ2) is 3.78. The molecular weight excluding hydrogens is 312 g/mol. The van der Waals surface area contributed by atoms with Crippen molar-refractivity contribution in [1.29, 1.82) is 0 Å². The van der Waals surface area contributed by atoms with Crippen LogP contribution in [0.4, 0.5) is 0 Å². The first kappa shape index (κ1) is 13.0. The largest absolute Gasteiger partial charge is 0.0837 e. The fourth-order valence-electron chi connectivity index (χ4n) is 8.63. The van der Waals surface area contributed by atoms with Gasteiger partial charge in [0, 0.05) is 16.0 Å². The molecule has 0 heterocycles. The lowest BCUT2D eigenvalue weighted by atomic mass is 9.38. The van der Waals surface area contributed by atoms with Crippen molar-refractivity contribution in [2.45, 2.75) is 37.5 Å². The Kier molecular flexibility index (Phi) is 2.05. The quantitative estimate of drug-likeness (QED) is 0.550. The molecular formula is C23H21Cl. The molecule has 0 aliphatic heterocycles. The monoisotopic (exact) mass is 332 g/mol. The molecule has 4 unspecified atom stereocenters. The summed E-state index contributed by atoms with van der Waals surface area (Å²) >= 11 is 6.73. The van der Waals surface area contributed by atoms with Crippen LogP contribution >= 0.6 is 11.6 Å². The van der Waals surface area contributed by atoms with Crippen LogP contribution in [-0.2, 0) is 5.41 Å². The standard InChI is InChI=1S/C23H21Cl/c24-18-7-3-6-17-21(18)15-4-1-2-5-16(15)23(17)19-9-13-8-14-10-20(23)22(19,11-13)12-14/h1-7,13-14,19-20H,8-12H2. The zero-order chi connectivity index (χ0) is 15.7. The van der Waals surface area contributed by atoms with Gasteiger partial charge < -0.3 is 0 Å². The lowest BCUT2D eigenvalue weighted by molar-refractivity contribution is -0.0820. The van der Waals surface area contributed by atoms with Gasteiger partial charge in [-0.25, -0.2) is 0 Å². The van der Waals surface area contributed by atoms with Gasteiger partial charge in [0.15, 0.2) is 0 Å². The number of hydrogen-bond donors (Lipinski definition) is 0. The fourth-order valence-corrected chi connectivity index (χ4v) is 8.91. The molecule has 4 fully saturated rings. The summed E-state index contributed by atoms with van der Waals surface area (Å²) in [5, 5.41) is 0.954. The van der Waals surface area contributed by atoms with Crippen molar-refractivity contribution in [2.75, 3.05) is 0 Å². The molecule has 2 aromatic carbocycles. The fraction of sp³-hybridized carbons (Fsp3) is 0.478. The van der Waals surface area contributed by atoms with Gasteiger partial charge >= 0.3 is 0 Å². The minimum atomic E-state index is 0.292. The molecule has 0 amide bonds. The summed E-state index contributed by atoms with van der Waals surface area (Å²) in [7, 11) is 0. The summed E-state index contributed by atoms with van der Waals surface area (Å²) in [5.74, 6) is 3.75. The molecule has 120 valence electrons. The molecule has 0 aromatic heterocycles. The van der Waals surface area contributed by atoms with Crippen LogP contribution in [0.1, 0.15) is 43.2 Å². The Morgan fingerprint density at radius 3 is 2.29 bits per heavy atom. The summed E-state index contributed by atoms with van der Waals surface area (Å²) in [6, 6.07) is 15.9. The summed E-state index contributed by atoms with van der Waals surface area (Å²) in [5.41, 5.74) is 6.95. The molecule has 0 N–H and O–H groups in total. The maximum Gasteiger partial charge on any atom is 0.0487 e. The Hall–Kier alpha value is -1.27. The third-order valence-electron chi connectivity index (χ3n) is 8.73. The third-order valence-corrected chi connectivity index (χ3v) is 9.05. The van der Waals surface area contributed by atoms with Crippen molar-refractivity contribution in [3.63, 3.8) is 0 Å². The molecule has 0 saturated heterocycles. The van der Waals surface area contributed by atoms with Gasteiger partial charge in [-0.3, -0.25) is 0 Å². The van der Waals surface area contributed by atoms with Crippen molar-refractivity contribution >= 4 is 11.6 Å². The summed E-state index contributed by atoms with van der Waals surface area (Å²) in [6.07, 6.45) is 7.51. The summed E-state index contributed by atoms with van der Waals surface area (Å²) in [4.78, 5) is 0. The van der Waals surface area contributed by atoms with Gasteiger partial charge in [0.05, 0.1) is 0 Å². The van der Waals surface area contributed by atoms with Crippen LogP contribution in [0.3, 0.4) is 0 Å². The molecule has 3 bridgehead atoms. The Bertz CT molecular complexity index is 886. The lowest BCUT2D eigenvalue weighted by Crippen LogP contribution is -2.62. The normalized spacial score (nSPS) is 45.2. The first-order valence-corrected chi connectivity index (χ1v) is 10.0. The van der Waals surface area contributed by atoms with E-state index in [1.165, 1.54) is 43.2 Å². The smallest absolute Gasteiger partial charge is 0.0487 e. The van der Waals surface area contributed by atoms with Crippen LogP contribution in [0, 0.1) is 29.1 Å². The highest BCUT2D eigenvalue weighted by Crippen LogP contribution is 2.85. The maximum atomic E-state index is 6.73. The molecule has 1 heteroatoms. The van der Waals surface area contributed by atoms with Crippen LogP contribution in [0.25, 0.3) is 11.1 Å². The van der Waals surface area contributed by atoms with Gasteiger partial charge in [-0.2, -0.15) is 0 Å². The summed E-state index contributed by atoms with van der Waals surface area (Å²) in [6.45, 7) is 0. The van der Waals surface area contributed by atoms with Gasteiger partial charge in [0.2, 0.25) is 0 Å². The molecule has 0 nitrogen and oxygen atoms in total. The second-order valence-electron chi connectivity index (χ2n) is 9.26. The number of rotatable bonds is 0. The van der Waals surface area contributed by atoms with Gasteiger partial charge in [0.25, 0.3) is 0 Å². The van der Waals surface area contributed by atoms with Crippen molar-refractivity contribution in [1.82, 2.24) is 0 Å². The Labute approximate surface area is 148 Å². The molecule has 4 atom stereocenters. The van der Waals surface area contributed by atoms with Crippen LogP contribution in [-0.4, -0.2) is 0 Å². The average Bonchev–Trinajstić information content (AvgIpc) is 3.11. The Morgan fingerprint density at radius 1 is 0.792 bits per heavy atom. The van der Waals surface area contributed by atoms with Gasteiger partial charge in [-0.15, -0.1) is 0 Å². The van der Waals surface area contributed by atoms with Crippen molar-refractivity contribution in [3.8, 4) is 11.1 Å². The highest BCUT2D eigenvalue weighted by Gasteiger charge is 2.79. The van der Waals surface area contributed by atoms with Crippen molar-refractivity contribution in [3.05, 3.63) is 58.6 Å². The maximum absolute atomic E-state index is 6.73. The zero-order valence-electron chi connectivity index (χ0n) is 13.8. The predicted octanol–water partition coefficient (Wildman–Crippen LogP) is 6.06. The van der Waals surface area contributed by atoms with Crippen LogP contribution in [0.5, 0.6) is 0 Å². The average molecular weight is 333 g/mol. The van der Waals surface area contributed by atoms with E-state index in [0.29, 0.717) is 10.8 Å². The van der Waals surface area contributed by atoms with E-state index in [1.807, 2.05) is 0 Å². The van der Waals surface area contributed by atoms with E-state index in [0.717, 1.165) is 28.7 Å². The third kappa shape index (κ3) is 1.10. The topological polar surface area (TPSA) is 0 Å². The lowest BCUT2D eigenvalue weighted by Gasteiger charge is -2.64. The molecule has 7 rings (SSSR count). The van der Waals surface area contributed by atoms with E-state index in [9.17, 15) is 0 Å². The van der Waals surface area contributed by atoms with Gasteiger partial charge in [-0.1, -0.05) is 48.0 Å². The van der Waals surface area contributed by atoms with Crippen LogP contribution in [0.2, 0.25) is 5.02 Å². The first-order chi connectivity index (χ1) is 11.7. The van der Waals surface area contributed by atoms with E-state index in [2.05, 4.69) is 42.5 Å². The SMILES string of the molecule is Clc1cccc2c1-c1ccccc1C21C2CC3CC4CC1C2(C3)C4. The minimum absolute atomic E-state index is 0.292. The Morgan fingerprint density at radius 2 is 1.50 bits per heavy atom. The molecule has 2 aromatic rings. The van der Waals surface area contributed by atoms with E-state index >= 15 is 0 Å². The highest BCUT2D eigenvalue weighted by atomic mass is 35.5. The van der Waals surface area contributed by atoms with Crippen LogP contribution in [0.15, 0.2) is 42.5 Å². The number of fused-ring (bicyclic) bond motifs is 9.